The van der Waals surface area contributed by atoms with Gasteiger partial charge in [0.05, 0.1) is 0 Å². The van der Waals surface area contributed by atoms with Crippen molar-refractivity contribution in [1.82, 2.24) is 0 Å². The smallest absolute Gasteiger partial charge is 0.246 e. The Morgan fingerprint density at radius 3 is 1.81 bits per heavy atom. The molecule has 7 nitrogen and oxygen atoms in total. The number of anilines is 4. The zero-order valence-electron chi connectivity index (χ0n) is 14.9. The summed E-state index contributed by atoms with van der Waals surface area (Å²) in [6.07, 6.45) is 0. The van der Waals surface area contributed by atoms with Crippen LogP contribution in [0.5, 0.6) is 0 Å². The fourth-order valence-corrected chi connectivity index (χ4v) is 2.30. The van der Waals surface area contributed by atoms with E-state index in [0.29, 0.717) is 17.1 Å². The summed E-state index contributed by atoms with van der Waals surface area (Å²) in [7, 11) is 0. The quantitative estimate of drug-likeness (QED) is 0.641. The van der Waals surface area contributed by atoms with Gasteiger partial charge in [0, 0.05) is 36.6 Å². The molecule has 0 spiro atoms. The maximum absolute atomic E-state index is 12.3. The minimum atomic E-state index is -0.488. The SMILES string of the molecule is CC(=O)Nc1ccc(NC(=O)C(C)Nc2cccc(NC(C)=O)c2)cc1. The van der Waals surface area contributed by atoms with Crippen molar-refractivity contribution in [3.8, 4) is 0 Å². The summed E-state index contributed by atoms with van der Waals surface area (Å²) in [6, 6.07) is 13.5. The highest BCUT2D eigenvalue weighted by atomic mass is 16.2. The third kappa shape index (κ3) is 5.94. The van der Waals surface area contributed by atoms with Crippen LogP contribution in [0.3, 0.4) is 0 Å². The molecular formula is C19H22N4O3. The second-order valence-corrected chi connectivity index (χ2v) is 5.88. The van der Waals surface area contributed by atoms with E-state index in [1.54, 1.807) is 49.4 Å². The molecule has 2 aromatic carbocycles. The molecule has 0 aliphatic rings. The fraction of sp³-hybridized carbons (Fsp3) is 0.211. The van der Waals surface area contributed by atoms with Crippen LogP contribution in [0.2, 0.25) is 0 Å². The summed E-state index contributed by atoms with van der Waals surface area (Å²) in [5, 5.41) is 11.3. The van der Waals surface area contributed by atoms with Crippen LogP contribution >= 0.6 is 0 Å². The molecule has 0 saturated carbocycles. The van der Waals surface area contributed by atoms with Crippen molar-refractivity contribution in [3.05, 3.63) is 48.5 Å². The number of carbonyl (C=O) groups is 3. The highest BCUT2D eigenvalue weighted by Crippen LogP contribution is 2.17. The molecule has 0 saturated heterocycles. The van der Waals surface area contributed by atoms with Crippen LogP contribution in [-0.2, 0) is 14.4 Å². The largest absolute Gasteiger partial charge is 0.374 e. The summed E-state index contributed by atoms with van der Waals surface area (Å²) in [4.78, 5) is 34.5. The van der Waals surface area contributed by atoms with E-state index >= 15 is 0 Å². The zero-order chi connectivity index (χ0) is 19.1. The van der Waals surface area contributed by atoms with Gasteiger partial charge < -0.3 is 21.3 Å². The van der Waals surface area contributed by atoms with Crippen LogP contribution in [0.25, 0.3) is 0 Å². The van der Waals surface area contributed by atoms with Crippen LogP contribution in [0.15, 0.2) is 48.5 Å². The summed E-state index contributed by atoms with van der Waals surface area (Å²) >= 11 is 0. The summed E-state index contributed by atoms with van der Waals surface area (Å²) in [5.41, 5.74) is 2.67. The second kappa shape index (κ2) is 8.66. The molecule has 1 unspecified atom stereocenters. The lowest BCUT2D eigenvalue weighted by Gasteiger charge is -2.16. The molecule has 0 fully saturated rings. The summed E-state index contributed by atoms with van der Waals surface area (Å²) < 4.78 is 0. The number of benzene rings is 2. The number of hydrogen-bond donors (Lipinski definition) is 4. The fourth-order valence-electron chi connectivity index (χ4n) is 2.30. The van der Waals surface area contributed by atoms with Crippen LogP contribution in [-0.4, -0.2) is 23.8 Å². The van der Waals surface area contributed by atoms with E-state index in [9.17, 15) is 14.4 Å². The van der Waals surface area contributed by atoms with Crippen LogP contribution in [0.4, 0.5) is 22.7 Å². The lowest BCUT2D eigenvalue weighted by molar-refractivity contribution is -0.117. The summed E-state index contributed by atoms with van der Waals surface area (Å²) in [6.45, 7) is 4.61. The first-order valence-corrected chi connectivity index (χ1v) is 8.16. The normalized spacial score (nSPS) is 11.2. The minimum absolute atomic E-state index is 0.152. The van der Waals surface area contributed by atoms with Gasteiger partial charge in [0.15, 0.2) is 0 Å². The van der Waals surface area contributed by atoms with Gasteiger partial charge in [-0.05, 0) is 49.4 Å². The Kier molecular flexibility index (Phi) is 6.32. The van der Waals surface area contributed by atoms with Crippen LogP contribution in [0, 0.1) is 0 Å². The molecule has 1 atom stereocenters. The number of rotatable bonds is 6. The van der Waals surface area contributed by atoms with Gasteiger partial charge in [-0.3, -0.25) is 14.4 Å². The third-order valence-electron chi connectivity index (χ3n) is 3.43. The zero-order valence-corrected chi connectivity index (χ0v) is 14.9. The van der Waals surface area contributed by atoms with Crippen molar-refractivity contribution in [2.24, 2.45) is 0 Å². The third-order valence-corrected chi connectivity index (χ3v) is 3.43. The summed E-state index contributed by atoms with van der Waals surface area (Å²) in [5.74, 6) is -0.515. The van der Waals surface area contributed by atoms with Crippen molar-refractivity contribution < 1.29 is 14.4 Å². The molecule has 0 bridgehead atoms. The maximum atomic E-state index is 12.3. The first-order chi connectivity index (χ1) is 12.3. The second-order valence-electron chi connectivity index (χ2n) is 5.88. The molecule has 0 heterocycles. The predicted molar refractivity (Wildman–Crippen MR) is 103 cm³/mol. The highest BCUT2D eigenvalue weighted by molar-refractivity contribution is 5.97. The monoisotopic (exact) mass is 354 g/mol. The van der Waals surface area contributed by atoms with Gasteiger partial charge in [-0.15, -0.1) is 0 Å². The van der Waals surface area contributed by atoms with Crippen molar-refractivity contribution in [2.75, 3.05) is 21.3 Å². The van der Waals surface area contributed by atoms with Crippen LogP contribution < -0.4 is 21.3 Å². The van der Waals surface area contributed by atoms with Gasteiger partial charge in [-0.2, -0.15) is 0 Å². The lowest BCUT2D eigenvalue weighted by atomic mass is 10.2. The molecule has 3 amide bonds. The molecule has 4 N–H and O–H groups in total. The molecule has 26 heavy (non-hydrogen) atoms. The predicted octanol–water partition coefficient (Wildman–Crippen LogP) is 3.04. The van der Waals surface area contributed by atoms with Crippen molar-refractivity contribution in [3.63, 3.8) is 0 Å². The number of hydrogen-bond acceptors (Lipinski definition) is 4. The molecule has 0 aromatic heterocycles. The van der Waals surface area contributed by atoms with E-state index in [1.165, 1.54) is 13.8 Å². The first kappa shape index (κ1) is 19.0. The molecule has 2 rings (SSSR count). The molecule has 136 valence electrons. The number of nitrogens with one attached hydrogen (secondary N) is 4. The molecule has 0 aliphatic heterocycles. The molecule has 2 aromatic rings. The Bertz CT molecular complexity index is 803. The van der Waals surface area contributed by atoms with E-state index in [0.717, 1.165) is 5.69 Å². The average molecular weight is 354 g/mol. The van der Waals surface area contributed by atoms with Gasteiger partial charge >= 0.3 is 0 Å². The number of amides is 3. The molecule has 0 radical (unpaired) electrons. The Morgan fingerprint density at radius 2 is 1.23 bits per heavy atom. The van der Waals surface area contributed by atoms with Gasteiger partial charge in [-0.1, -0.05) is 6.07 Å². The van der Waals surface area contributed by atoms with Gasteiger partial charge in [-0.25, -0.2) is 0 Å². The molecule has 7 heteroatoms. The van der Waals surface area contributed by atoms with Crippen molar-refractivity contribution in [2.45, 2.75) is 26.8 Å². The minimum Gasteiger partial charge on any atom is -0.374 e. The van der Waals surface area contributed by atoms with E-state index in [1.807, 2.05) is 6.07 Å². The highest BCUT2D eigenvalue weighted by Gasteiger charge is 2.13. The van der Waals surface area contributed by atoms with Crippen LogP contribution in [0.1, 0.15) is 20.8 Å². The maximum Gasteiger partial charge on any atom is 0.246 e. The van der Waals surface area contributed by atoms with Crippen molar-refractivity contribution >= 4 is 40.5 Å². The number of carbonyl (C=O) groups excluding carboxylic acids is 3. The Balaban J connectivity index is 1.95. The molecular weight excluding hydrogens is 332 g/mol. The average Bonchev–Trinajstić information content (AvgIpc) is 2.55. The Morgan fingerprint density at radius 1 is 0.731 bits per heavy atom. The Labute approximate surface area is 152 Å². The van der Waals surface area contributed by atoms with E-state index in [2.05, 4.69) is 21.3 Å². The van der Waals surface area contributed by atoms with E-state index in [-0.39, 0.29) is 17.7 Å². The first-order valence-electron chi connectivity index (χ1n) is 8.16. The lowest BCUT2D eigenvalue weighted by Crippen LogP contribution is -2.31. The topological polar surface area (TPSA) is 99.3 Å². The van der Waals surface area contributed by atoms with E-state index < -0.39 is 6.04 Å². The van der Waals surface area contributed by atoms with Crippen molar-refractivity contribution in [1.29, 1.82) is 0 Å². The van der Waals surface area contributed by atoms with Gasteiger partial charge in [0.25, 0.3) is 0 Å². The standard InChI is InChI=1S/C19H22N4O3/c1-12(20-17-5-4-6-18(11-17)22-14(3)25)19(26)23-16-9-7-15(8-10-16)21-13(2)24/h4-12,20H,1-3H3,(H,21,24)(H,22,25)(H,23,26). The van der Waals surface area contributed by atoms with Gasteiger partial charge in [0.2, 0.25) is 17.7 Å². The Hall–Kier alpha value is -3.35. The molecule has 0 aliphatic carbocycles. The van der Waals surface area contributed by atoms with Gasteiger partial charge in [0.1, 0.15) is 6.04 Å². The van der Waals surface area contributed by atoms with E-state index in [4.69, 9.17) is 0 Å².